The van der Waals surface area contributed by atoms with Gasteiger partial charge in [-0.3, -0.25) is 9.48 Å². The molecule has 1 aromatic carbocycles. The van der Waals surface area contributed by atoms with Crippen LogP contribution in [0.2, 0.25) is 5.02 Å². The molecule has 2 aromatic heterocycles. The number of anilines is 1. The van der Waals surface area contributed by atoms with Crippen molar-refractivity contribution in [2.75, 3.05) is 5.32 Å². The topological polar surface area (TPSA) is 60.1 Å². The molecule has 0 spiro atoms. The lowest BCUT2D eigenvalue weighted by molar-refractivity contribution is -0.111. The molecule has 1 amide bonds. The largest absolute Gasteiger partial charge is 0.458 e. The molecular formula is C19H15ClF3N3O2. The van der Waals surface area contributed by atoms with Crippen LogP contribution in [0.4, 0.5) is 18.9 Å². The van der Waals surface area contributed by atoms with Crippen molar-refractivity contribution in [2.45, 2.75) is 19.4 Å². The van der Waals surface area contributed by atoms with Gasteiger partial charge in [-0.1, -0.05) is 17.7 Å². The van der Waals surface area contributed by atoms with Crippen molar-refractivity contribution in [3.8, 4) is 0 Å². The third-order valence-corrected chi connectivity index (χ3v) is 4.02. The Hall–Kier alpha value is -3.00. The van der Waals surface area contributed by atoms with Crippen molar-refractivity contribution in [1.82, 2.24) is 9.78 Å². The summed E-state index contributed by atoms with van der Waals surface area (Å²) in [4.78, 5) is 12.0. The molecule has 5 nitrogen and oxygen atoms in total. The Labute approximate surface area is 163 Å². The molecule has 0 aliphatic carbocycles. The number of hydrogen-bond acceptors (Lipinski definition) is 3. The quantitative estimate of drug-likeness (QED) is 0.577. The number of furan rings is 1. The number of nitrogens with one attached hydrogen (secondary N) is 1. The highest BCUT2D eigenvalue weighted by molar-refractivity contribution is 6.32. The third-order valence-electron chi connectivity index (χ3n) is 3.69. The summed E-state index contributed by atoms with van der Waals surface area (Å²) in [5.74, 6) is -4.08. The summed E-state index contributed by atoms with van der Waals surface area (Å²) in [7, 11) is 0. The first-order valence-corrected chi connectivity index (χ1v) is 8.52. The molecule has 0 unspecified atom stereocenters. The second kappa shape index (κ2) is 7.93. The highest BCUT2D eigenvalue weighted by Gasteiger charge is 2.28. The summed E-state index contributed by atoms with van der Waals surface area (Å²) in [5.41, 5.74) is 0.905. The molecule has 0 fully saturated rings. The van der Waals surface area contributed by atoms with E-state index in [4.69, 9.17) is 16.0 Å². The first kappa shape index (κ1) is 19.8. The Balaban J connectivity index is 1.60. The van der Waals surface area contributed by atoms with E-state index in [1.165, 1.54) is 53.5 Å². The van der Waals surface area contributed by atoms with Crippen LogP contribution in [0.5, 0.6) is 0 Å². The summed E-state index contributed by atoms with van der Waals surface area (Å²) in [6.07, 6.45) is 5.65. The Morgan fingerprint density at radius 1 is 1.36 bits per heavy atom. The molecule has 28 heavy (non-hydrogen) atoms. The minimum atomic E-state index is -3.05. The molecule has 0 radical (unpaired) electrons. The first-order chi connectivity index (χ1) is 13.2. The van der Waals surface area contributed by atoms with E-state index in [0.29, 0.717) is 17.0 Å². The number of carbonyl (C=O) groups is 1. The smallest absolute Gasteiger partial charge is 0.301 e. The van der Waals surface area contributed by atoms with E-state index in [2.05, 4.69) is 10.4 Å². The van der Waals surface area contributed by atoms with E-state index in [1.807, 2.05) is 0 Å². The maximum absolute atomic E-state index is 13.2. The number of carbonyl (C=O) groups excluding carboxylic acids is 1. The zero-order valence-corrected chi connectivity index (χ0v) is 15.4. The fourth-order valence-corrected chi connectivity index (χ4v) is 2.59. The van der Waals surface area contributed by atoms with Crippen LogP contribution in [0.3, 0.4) is 0 Å². The van der Waals surface area contributed by atoms with Gasteiger partial charge in [0.05, 0.1) is 23.5 Å². The number of rotatable bonds is 6. The molecule has 0 saturated heterocycles. The number of alkyl halides is 2. The molecule has 0 aliphatic rings. The maximum atomic E-state index is 13.2. The van der Waals surface area contributed by atoms with Crippen LogP contribution in [-0.4, -0.2) is 15.7 Å². The van der Waals surface area contributed by atoms with Crippen molar-refractivity contribution in [2.24, 2.45) is 0 Å². The molecule has 3 aromatic rings. The minimum Gasteiger partial charge on any atom is -0.458 e. The monoisotopic (exact) mass is 409 g/mol. The van der Waals surface area contributed by atoms with Gasteiger partial charge in [0, 0.05) is 19.2 Å². The Morgan fingerprint density at radius 3 is 2.82 bits per heavy atom. The Morgan fingerprint density at radius 2 is 2.14 bits per heavy atom. The zero-order chi connectivity index (χ0) is 20.3. The molecule has 1 N–H and O–H groups in total. The van der Waals surface area contributed by atoms with Gasteiger partial charge < -0.3 is 9.73 Å². The van der Waals surface area contributed by atoms with E-state index in [0.717, 1.165) is 13.0 Å². The average Bonchev–Trinajstić information content (AvgIpc) is 3.24. The van der Waals surface area contributed by atoms with Crippen LogP contribution < -0.4 is 5.32 Å². The standard InChI is InChI=1S/C19H15ClF3N3O2/c1-19(22,23)17-6-5-15(28-17)11-26-10-14(9-24-26)25-18(27)7-3-12-2-4-13(21)8-16(12)20/h2-10H,11H2,1H3,(H,25,27)/b7-3+. The lowest BCUT2D eigenvalue weighted by atomic mass is 10.2. The normalized spacial score (nSPS) is 11.9. The summed E-state index contributed by atoms with van der Waals surface area (Å²) in [5, 5.41) is 6.83. The van der Waals surface area contributed by atoms with Gasteiger partial charge in [-0.05, 0) is 35.9 Å². The highest BCUT2D eigenvalue weighted by atomic mass is 35.5. The summed E-state index contributed by atoms with van der Waals surface area (Å²) < 4.78 is 45.9. The molecule has 0 aliphatic heterocycles. The van der Waals surface area contributed by atoms with Gasteiger partial charge >= 0.3 is 5.92 Å². The van der Waals surface area contributed by atoms with E-state index < -0.39 is 23.4 Å². The van der Waals surface area contributed by atoms with Gasteiger partial charge in [0.15, 0.2) is 5.76 Å². The molecule has 2 heterocycles. The number of aromatic nitrogens is 2. The molecule has 0 saturated carbocycles. The predicted molar refractivity (Wildman–Crippen MR) is 98.7 cm³/mol. The second-order valence-electron chi connectivity index (χ2n) is 6.07. The fourth-order valence-electron chi connectivity index (χ4n) is 2.36. The third kappa shape index (κ3) is 5.04. The second-order valence-corrected chi connectivity index (χ2v) is 6.48. The zero-order valence-electron chi connectivity index (χ0n) is 14.6. The predicted octanol–water partition coefficient (Wildman–Crippen LogP) is 5.08. The molecule has 9 heteroatoms. The van der Waals surface area contributed by atoms with Gasteiger partial charge in [0.1, 0.15) is 11.6 Å². The highest BCUT2D eigenvalue weighted by Crippen LogP contribution is 2.28. The summed E-state index contributed by atoms with van der Waals surface area (Å²) in [6, 6.07) is 6.51. The molecule has 146 valence electrons. The SMILES string of the molecule is CC(F)(F)c1ccc(Cn2cc(NC(=O)/C=C/c3ccc(F)cc3Cl)cn2)o1. The maximum Gasteiger partial charge on any atom is 0.301 e. The Kier molecular flexibility index (Phi) is 5.60. The molecule has 3 rings (SSSR count). The van der Waals surface area contributed by atoms with Crippen molar-refractivity contribution >= 4 is 29.3 Å². The number of hydrogen-bond donors (Lipinski definition) is 1. The lowest BCUT2D eigenvalue weighted by Gasteiger charge is -2.05. The number of amides is 1. The number of nitrogens with zero attached hydrogens (tertiary/aromatic N) is 2. The van der Waals surface area contributed by atoms with Crippen molar-refractivity contribution in [3.05, 3.63) is 76.7 Å². The number of halogens is 4. The van der Waals surface area contributed by atoms with Crippen LogP contribution >= 0.6 is 11.6 Å². The van der Waals surface area contributed by atoms with Crippen LogP contribution in [0.25, 0.3) is 6.08 Å². The molecule has 0 bridgehead atoms. The van der Waals surface area contributed by atoms with Crippen molar-refractivity contribution in [3.63, 3.8) is 0 Å². The van der Waals surface area contributed by atoms with Gasteiger partial charge in [-0.25, -0.2) is 4.39 Å². The minimum absolute atomic E-state index is 0.132. The van der Waals surface area contributed by atoms with Gasteiger partial charge in [-0.2, -0.15) is 13.9 Å². The van der Waals surface area contributed by atoms with E-state index >= 15 is 0 Å². The van der Waals surface area contributed by atoms with E-state index in [1.54, 1.807) is 0 Å². The Bertz CT molecular complexity index is 1020. The van der Waals surface area contributed by atoms with Crippen LogP contribution in [-0.2, 0) is 17.3 Å². The van der Waals surface area contributed by atoms with Gasteiger partial charge in [0.2, 0.25) is 5.91 Å². The fraction of sp³-hybridized carbons (Fsp3) is 0.158. The van der Waals surface area contributed by atoms with E-state index in [9.17, 15) is 18.0 Å². The molecular weight excluding hydrogens is 395 g/mol. The van der Waals surface area contributed by atoms with E-state index in [-0.39, 0.29) is 11.6 Å². The van der Waals surface area contributed by atoms with Crippen molar-refractivity contribution in [1.29, 1.82) is 0 Å². The van der Waals surface area contributed by atoms with Crippen LogP contribution in [0.1, 0.15) is 24.0 Å². The van der Waals surface area contributed by atoms with Crippen molar-refractivity contribution < 1.29 is 22.4 Å². The van der Waals surface area contributed by atoms with Crippen LogP contribution in [0.15, 0.2) is 53.2 Å². The first-order valence-electron chi connectivity index (χ1n) is 8.14. The van der Waals surface area contributed by atoms with Gasteiger partial charge in [0.25, 0.3) is 0 Å². The average molecular weight is 410 g/mol. The van der Waals surface area contributed by atoms with Crippen LogP contribution in [0, 0.1) is 5.82 Å². The summed E-state index contributed by atoms with van der Waals surface area (Å²) >= 11 is 5.89. The summed E-state index contributed by atoms with van der Waals surface area (Å²) in [6.45, 7) is 0.886. The number of benzene rings is 1. The lowest BCUT2D eigenvalue weighted by Crippen LogP contribution is -2.07. The molecule has 0 atom stereocenters. The van der Waals surface area contributed by atoms with Gasteiger partial charge in [-0.15, -0.1) is 0 Å².